The maximum absolute atomic E-state index is 12.9. The van der Waals surface area contributed by atoms with Gasteiger partial charge in [-0.25, -0.2) is 8.42 Å². The molecule has 0 aliphatic rings. The van der Waals surface area contributed by atoms with Gasteiger partial charge in [0.15, 0.2) is 0 Å². The van der Waals surface area contributed by atoms with Crippen LogP contribution in [0.15, 0.2) is 53.4 Å². The van der Waals surface area contributed by atoms with Gasteiger partial charge in [0.1, 0.15) is 0 Å². The van der Waals surface area contributed by atoms with Crippen molar-refractivity contribution in [3.63, 3.8) is 0 Å². The molecule has 2 aromatic rings. The summed E-state index contributed by atoms with van der Waals surface area (Å²) in [6.07, 6.45) is 0. The Balaban J connectivity index is 2.37. The molecular formula is C17H21NO3S. The first kappa shape index (κ1) is 16.7. The maximum atomic E-state index is 12.9. The number of aliphatic hydroxyl groups is 1. The number of sulfonamides is 1. The van der Waals surface area contributed by atoms with E-state index in [1.807, 2.05) is 43.3 Å². The Hall–Kier alpha value is -1.69. The van der Waals surface area contributed by atoms with E-state index in [4.69, 9.17) is 0 Å². The van der Waals surface area contributed by atoms with Crippen LogP contribution in [0.5, 0.6) is 0 Å². The molecule has 0 radical (unpaired) electrons. The van der Waals surface area contributed by atoms with E-state index in [1.54, 1.807) is 19.1 Å². The average Bonchev–Trinajstić information content (AvgIpc) is 2.47. The standard InChI is InChI=1S/C17H21NO3S/c1-14-8-9-17(15(2)12-14)22(20,21)18(10-11-19)13-16-6-4-3-5-7-16/h3-9,12,19H,10-11,13H2,1-2H3. The van der Waals surface area contributed by atoms with Crippen LogP contribution in [0.1, 0.15) is 16.7 Å². The lowest BCUT2D eigenvalue weighted by Gasteiger charge is -2.22. The number of aliphatic hydroxyl groups excluding tert-OH is 1. The maximum Gasteiger partial charge on any atom is 0.243 e. The highest BCUT2D eigenvalue weighted by atomic mass is 32.2. The van der Waals surface area contributed by atoms with E-state index in [9.17, 15) is 13.5 Å². The number of hydrogen-bond acceptors (Lipinski definition) is 3. The largest absolute Gasteiger partial charge is 0.395 e. The number of benzene rings is 2. The summed E-state index contributed by atoms with van der Waals surface area (Å²) in [5.41, 5.74) is 2.63. The summed E-state index contributed by atoms with van der Waals surface area (Å²) in [4.78, 5) is 0.294. The molecule has 2 aromatic carbocycles. The molecule has 4 nitrogen and oxygen atoms in total. The summed E-state index contributed by atoms with van der Waals surface area (Å²) in [5, 5.41) is 9.23. The van der Waals surface area contributed by atoms with Gasteiger partial charge in [-0.3, -0.25) is 0 Å². The van der Waals surface area contributed by atoms with Crippen LogP contribution in [-0.4, -0.2) is 31.0 Å². The van der Waals surface area contributed by atoms with Crippen LogP contribution < -0.4 is 0 Å². The third-order valence-electron chi connectivity index (χ3n) is 3.50. The molecule has 0 aliphatic heterocycles. The molecule has 0 atom stereocenters. The van der Waals surface area contributed by atoms with Crippen molar-refractivity contribution < 1.29 is 13.5 Å². The van der Waals surface area contributed by atoms with Crippen molar-refractivity contribution in [3.8, 4) is 0 Å². The first-order chi connectivity index (χ1) is 10.4. The Morgan fingerprint density at radius 3 is 2.32 bits per heavy atom. The monoisotopic (exact) mass is 319 g/mol. The van der Waals surface area contributed by atoms with Crippen LogP contribution in [0.25, 0.3) is 0 Å². The second kappa shape index (κ2) is 7.05. The quantitative estimate of drug-likeness (QED) is 0.890. The zero-order chi connectivity index (χ0) is 16.2. The van der Waals surface area contributed by atoms with Crippen LogP contribution in [-0.2, 0) is 16.6 Å². The fourth-order valence-electron chi connectivity index (χ4n) is 2.41. The minimum absolute atomic E-state index is 0.0740. The van der Waals surface area contributed by atoms with Crippen LogP contribution in [0.4, 0.5) is 0 Å². The molecule has 5 heteroatoms. The Kier molecular flexibility index (Phi) is 5.34. The summed E-state index contributed by atoms with van der Waals surface area (Å²) in [5.74, 6) is 0. The molecule has 0 aromatic heterocycles. The molecule has 0 fully saturated rings. The van der Waals surface area contributed by atoms with E-state index in [1.165, 1.54) is 4.31 Å². The van der Waals surface area contributed by atoms with E-state index in [2.05, 4.69) is 0 Å². The van der Waals surface area contributed by atoms with Gasteiger partial charge in [0, 0.05) is 13.1 Å². The number of rotatable bonds is 6. The Morgan fingerprint density at radius 1 is 1.05 bits per heavy atom. The van der Waals surface area contributed by atoms with Crippen LogP contribution in [0.2, 0.25) is 0 Å². The molecule has 0 saturated heterocycles. The molecule has 0 amide bonds. The molecule has 0 spiro atoms. The normalized spacial score (nSPS) is 11.8. The summed E-state index contributed by atoms with van der Waals surface area (Å²) < 4.78 is 27.1. The first-order valence-electron chi connectivity index (χ1n) is 7.17. The second-order valence-corrected chi connectivity index (χ2v) is 7.22. The second-order valence-electron chi connectivity index (χ2n) is 5.32. The molecule has 0 aliphatic carbocycles. The highest BCUT2D eigenvalue weighted by Crippen LogP contribution is 2.22. The van der Waals surface area contributed by atoms with Crippen molar-refractivity contribution in [2.24, 2.45) is 0 Å². The third kappa shape index (κ3) is 3.74. The van der Waals surface area contributed by atoms with Crippen molar-refractivity contribution in [2.75, 3.05) is 13.2 Å². The molecule has 0 heterocycles. The van der Waals surface area contributed by atoms with Gasteiger partial charge in [-0.1, -0.05) is 48.0 Å². The SMILES string of the molecule is Cc1ccc(S(=O)(=O)N(CCO)Cc2ccccc2)c(C)c1. The van der Waals surface area contributed by atoms with Gasteiger partial charge in [0.25, 0.3) is 0 Å². The zero-order valence-electron chi connectivity index (χ0n) is 12.9. The van der Waals surface area contributed by atoms with Crippen molar-refractivity contribution in [1.82, 2.24) is 4.31 Å². The summed E-state index contributed by atoms with van der Waals surface area (Å²) >= 11 is 0. The van der Waals surface area contributed by atoms with E-state index in [0.717, 1.165) is 16.7 Å². The summed E-state index contributed by atoms with van der Waals surface area (Å²) in [7, 11) is -3.64. The highest BCUT2D eigenvalue weighted by Gasteiger charge is 2.25. The van der Waals surface area contributed by atoms with E-state index in [-0.39, 0.29) is 19.7 Å². The van der Waals surface area contributed by atoms with Gasteiger partial charge in [-0.15, -0.1) is 0 Å². The number of aryl methyl sites for hydroxylation is 2. The Morgan fingerprint density at radius 2 is 1.73 bits per heavy atom. The molecule has 118 valence electrons. The van der Waals surface area contributed by atoms with Crippen molar-refractivity contribution in [3.05, 3.63) is 65.2 Å². The smallest absolute Gasteiger partial charge is 0.243 e. The number of nitrogens with zero attached hydrogens (tertiary/aromatic N) is 1. The van der Waals surface area contributed by atoms with Gasteiger partial charge in [-0.05, 0) is 31.0 Å². The van der Waals surface area contributed by atoms with Gasteiger partial charge in [0.05, 0.1) is 11.5 Å². The predicted molar refractivity (Wildman–Crippen MR) is 87.0 cm³/mol. The molecular weight excluding hydrogens is 298 g/mol. The minimum atomic E-state index is -3.64. The fraction of sp³-hybridized carbons (Fsp3) is 0.294. The lowest BCUT2D eigenvalue weighted by molar-refractivity contribution is 0.251. The topological polar surface area (TPSA) is 57.6 Å². The van der Waals surface area contributed by atoms with Crippen molar-refractivity contribution in [1.29, 1.82) is 0 Å². The first-order valence-corrected chi connectivity index (χ1v) is 8.61. The van der Waals surface area contributed by atoms with E-state index < -0.39 is 10.0 Å². The molecule has 0 unspecified atom stereocenters. The van der Waals surface area contributed by atoms with E-state index in [0.29, 0.717) is 4.90 Å². The van der Waals surface area contributed by atoms with Gasteiger partial charge >= 0.3 is 0 Å². The third-order valence-corrected chi connectivity index (χ3v) is 5.50. The fourth-order valence-corrected chi connectivity index (χ4v) is 4.04. The van der Waals surface area contributed by atoms with Crippen LogP contribution >= 0.6 is 0 Å². The highest BCUT2D eigenvalue weighted by molar-refractivity contribution is 7.89. The van der Waals surface area contributed by atoms with Gasteiger partial charge in [-0.2, -0.15) is 4.31 Å². The summed E-state index contributed by atoms with van der Waals surface area (Å²) in [6, 6.07) is 14.7. The Bertz CT molecular complexity index is 727. The Labute approximate surface area is 132 Å². The van der Waals surface area contributed by atoms with Crippen LogP contribution in [0, 0.1) is 13.8 Å². The lowest BCUT2D eigenvalue weighted by atomic mass is 10.2. The van der Waals surface area contributed by atoms with Gasteiger partial charge in [0.2, 0.25) is 10.0 Å². The van der Waals surface area contributed by atoms with Crippen LogP contribution in [0.3, 0.4) is 0 Å². The molecule has 2 rings (SSSR count). The minimum Gasteiger partial charge on any atom is -0.395 e. The molecule has 22 heavy (non-hydrogen) atoms. The van der Waals surface area contributed by atoms with Crippen molar-refractivity contribution >= 4 is 10.0 Å². The van der Waals surface area contributed by atoms with E-state index >= 15 is 0 Å². The summed E-state index contributed by atoms with van der Waals surface area (Å²) in [6.45, 7) is 3.83. The average molecular weight is 319 g/mol. The molecule has 1 N–H and O–H groups in total. The number of hydrogen-bond donors (Lipinski definition) is 1. The van der Waals surface area contributed by atoms with Gasteiger partial charge < -0.3 is 5.11 Å². The molecule has 0 bridgehead atoms. The zero-order valence-corrected chi connectivity index (χ0v) is 13.7. The van der Waals surface area contributed by atoms with Crippen molar-refractivity contribution in [2.45, 2.75) is 25.3 Å². The molecule has 0 saturated carbocycles. The lowest BCUT2D eigenvalue weighted by Crippen LogP contribution is -2.33. The predicted octanol–water partition coefficient (Wildman–Crippen LogP) is 2.49.